The number of rotatable bonds is 7. The van der Waals surface area contributed by atoms with Crippen LogP contribution in [0.25, 0.3) is 0 Å². The zero-order valence-electron chi connectivity index (χ0n) is 18.6. The normalized spacial score (nSPS) is 15.5. The summed E-state index contributed by atoms with van der Waals surface area (Å²) in [6.45, 7) is 6.28. The van der Waals surface area contributed by atoms with Crippen molar-refractivity contribution in [3.05, 3.63) is 54.1 Å². The minimum absolute atomic E-state index is 0.150. The Morgan fingerprint density at radius 1 is 1.03 bits per heavy atom. The van der Waals surface area contributed by atoms with E-state index in [-0.39, 0.29) is 5.91 Å². The van der Waals surface area contributed by atoms with Crippen LogP contribution in [0.4, 0.5) is 11.4 Å². The largest absolute Gasteiger partial charge is 0.497 e. The molecule has 0 spiro atoms. The molecule has 3 rings (SSSR count). The first kappa shape index (κ1) is 22.9. The summed E-state index contributed by atoms with van der Waals surface area (Å²) in [5, 5.41) is 0. The summed E-state index contributed by atoms with van der Waals surface area (Å²) < 4.78 is 31.7. The molecule has 0 radical (unpaired) electrons. The molecule has 1 aliphatic heterocycles. The smallest absolute Gasteiger partial charge is 0.246 e. The van der Waals surface area contributed by atoms with Gasteiger partial charge in [-0.15, -0.1) is 0 Å². The molecule has 168 valence electrons. The van der Waals surface area contributed by atoms with Crippen LogP contribution < -0.4 is 13.9 Å². The minimum atomic E-state index is -3.62. The van der Waals surface area contributed by atoms with Crippen molar-refractivity contribution >= 4 is 27.3 Å². The number of hydrogen-bond donors (Lipinski definition) is 0. The molecular formula is C23H31N3O4S. The number of carbonyl (C=O) groups is 1. The topological polar surface area (TPSA) is 70.2 Å². The third kappa shape index (κ3) is 5.31. The van der Waals surface area contributed by atoms with Gasteiger partial charge in [-0.25, -0.2) is 8.42 Å². The minimum Gasteiger partial charge on any atom is -0.497 e. The first-order chi connectivity index (χ1) is 14.7. The Balaban J connectivity index is 1.74. The molecule has 1 amide bonds. The van der Waals surface area contributed by atoms with Crippen LogP contribution in [0.1, 0.15) is 18.9 Å². The maximum atomic E-state index is 13.4. The van der Waals surface area contributed by atoms with Crippen molar-refractivity contribution in [2.75, 3.05) is 48.7 Å². The number of nitrogens with zero attached hydrogens (tertiary/aromatic N) is 3. The van der Waals surface area contributed by atoms with Crippen molar-refractivity contribution in [2.45, 2.75) is 26.3 Å². The molecule has 1 saturated heterocycles. The zero-order chi connectivity index (χ0) is 22.6. The number of ether oxygens (including phenoxy) is 1. The Morgan fingerprint density at radius 2 is 1.61 bits per heavy atom. The van der Waals surface area contributed by atoms with E-state index in [2.05, 4.69) is 4.90 Å². The third-order valence-corrected chi connectivity index (χ3v) is 6.81. The highest BCUT2D eigenvalue weighted by molar-refractivity contribution is 7.92. The van der Waals surface area contributed by atoms with Gasteiger partial charge in [0.25, 0.3) is 0 Å². The molecule has 2 aromatic rings. The van der Waals surface area contributed by atoms with Gasteiger partial charge in [0.1, 0.15) is 11.8 Å². The number of sulfonamides is 1. The van der Waals surface area contributed by atoms with Crippen LogP contribution >= 0.6 is 0 Å². The molecule has 0 aromatic heterocycles. The van der Waals surface area contributed by atoms with Gasteiger partial charge < -0.3 is 14.5 Å². The SMILES string of the molecule is CCC(C(=O)N1CCN(c2ccc(OC)cc2)CC1)N(c1ccc(C)cc1)S(C)(=O)=O. The van der Waals surface area contributed by atoms with Gasteiger partial charge in [0.15, 0.2) is 0 Å². The Labute approximate surface area is 185 Å². The van der Waals surface area contributed by atoms with Crippen LogP contribution in [-0.4, -0.2) is 64.8 Å². The van der Waals surface area contributed by atoms with E-state index in [9.17, 15) is 13.2 Å². The molecule has 1 fully saturated rings. The van der Waals surface area contributed by atoms with Gasteiger partial charge in [0, 0.05) is 31.9 Å². The van der Waals surface area contributed by atoms with Gasteiger partial charge in [-0.2, -0.15) is 0 Å². The van der Waals surface area contributed by atoms with E-state index >= 15 is 0 Å². The van der Waals surface area contributed by atoms with E-state index in [0.717, 1.165) is 23.3 Å². The van der Waals surface area contributed by atoms with Crippen LogP contribution in [0.15, 0.2) is 48.5 Å². The van der Waals surface area contributed by atoms with Crippen LogP contribution in [0, 0.1) is 6.92 Å². The number of hydrogen-bond acceptors (Lipinski definition) is 5. The fourth-order valence-electron chi connectivity index (χ4n) is 3.92. The van der Waals surface area contributed by atoms with Crippen LogP contribution in [0.2, 0.25) is 0 Å². The fourth-order valence-corrected chi connectivity index (χ4v) is 5.13. The van der Waals surface area contributed by atoms with Crippen LogP contribution in [0.5, 0.6) is 5.75 Å². The molecule has 31 heavy (non-hydrogen) atoms. The zero-order valence-corrected chi connectivity index (χ0v) is 19.4. The Morgan fingerprint density at radius 3 is 2.10 bits per heavy atom. The van der Waals surface area contributed by atoms with Gasteiger partial charge in [0.05, 0.1) is 19.1 Å². The lowest BCUT2D eigenvalue weighted by Gasteiger charge is -2.39. The van der Waals surface area contributed by atoms with Gasteiger partial charge >= 0.3 is 0 Å². The average Bonchev–Trinajstić information content (AvgIpc) is 2.77. The highest BCUT2D eigenvalue weighted by Crippen LogP contribution is 2.25. The number of methoxy groups -OCH3 is 1. The summed E-state index contributed by atoms with van der Waals surface area (Å²) in [4.78, 5) is 17.4. The van der Waals surface area contributed by atoms with Crippen LogP contribution in [-0.2, 0) is 14.8 Å². The summed E-state index contributed by atoms with van der Waals surface area (Å²) >= 11 is 0. The van der Waals surface area contributed by atoms with Gasteiger partial charge in [-0.3, -0.25) is 9.10 Å². The lowest BCUT2D eigenvalue weighted by molar-refractivity contribution is -0.132. The van der Waals surface area contributed by atoms with E-state index in [4.69, 9.17) is 4.74 Å². The number of amides is 1. The van der Waals surface area contributed by atoms with Gasteiger partial charge in [-0.05, 0) is 49.7 Å². The van der Waals surface area contributed by atoms with E-state index < -0.39 is 16.1 Å². The van der Waals surface area contributed by atoms with E-state index in [0.29, 0.717) is 38.3 Å². The summed E-state index contributed by atoms with van der Waals surface area (Å²) in [6.07, 6.45) is 1.56. The first-order valence-electron chi connectivity index (χ1n) is 10.5. The summed E-state index contributed by atoms with van der Waals surface area (Å²) in [5.41, 5.74) is 2.63. The second-order valence-corrected chi connectivity index (χ2v) is 9.69. The molecule has 1 atom stereocenters. The van der Waals surface area contributed by atoms with Crippen molar-refractivity contribution < 1.29 is 17.9 Å². The molecule has 1 unspecified atom stereocenters. The number of benzene rings is 2. The molecule has 0 bridgehead atoms. The van der Waals surface area contributed by atoms with Gasteiger partial charge in [0.2, 0.25) is 15.9 Å². The predicted molar refractivity (Wildman–Crippen MR) is 124 cm³/mol. The second-order valence-electron chi connectivity index (χ2n) is 7.83. The third-order valence-electron chi connectivity index (χ3n) is 5.63. The fraction of sp³-hybridized carbons (Fsp3) is 0.435. The summed E-state index contributed by atoms with van der Waals surface area (Å²) in [6, 6.07) is 14.3. The molecule has 1 aliphatic rings. The van der Waals surface area contributed by atoms with E-state index in [1.54, 1.807) is 24.1 Å². The molecule has 0 aliphatic carbocycles. The monoisotopic (exact) mass is 445 g/mol. The maximum absolute atomic E-state index is 13.4. The second kappa shape index (κ2) is 9.60. The lowest BCUT2D eigenvalue weighted by Crippen LogP contribution is -2.56. The van der Waals surface area contributed by atoms with Crippen molar-refractivity contribution in [1.82, 2.24) is 4.90 Å². The summed E-state index contributed by atoms with van der Waals surface area (Å²) in [7, 11) is -1.98. The highest BCUT2D eigenvalue weighted by atomic mass is 32.2. The van der Waals surface area contributed by atoms with Crippen molar-refractivity contribution in [1.29, 1.82) is 0 Å². The van der Waals surface area contributed by atoms with Crippen LogP contribution in [0.3, 0.4) is 0 Å². The van der Waals surface area contributed by atoms with Crippen molar-refractivity contribution in [2.24, 2.45) is 0 Å². The Bertz CT molecular complexity index is 982. The number of piperazine rings is 1. The predicted octanol–water partition coefficient (Wildman–Crippen LogP) is 2.90. The average molecular weight is 446 g/mol. The highest BCUT2D eigenvalue weighted by Gasteiger charge is 2.35. The van der Waals surface area contributed by atoms with Gasteiger partial charge in [-0.1, -0.05) is 24.6 Å². The molecular weight excluding hydrogens is 414 g/mol. The first-order valence-corrected chi connectivity index (χ1v) is 12.3. The summed E-state index contributed by atoms with van der Waals surface area (Å²) in [5.74, 6) is 0.656. The van der Waals surface area contributed by atoms with E-state index in [1.807, 2.05) is 50.2 Å². The maximum Gasteiger partial charge on any atom is 0.246 e. The molecule has 0 N–H and O–H groups in total. The number of anilines is 2. The molecule has 8 heteroatoms. The standard InChI is InChI=1S/C23H31N3O4S/c1-5-22(26(31(4,28)29)20-8-6-18(2)7-9-20)23(27)25-16-14-24(15-17-25)19-10-12-21(30-3)13-11-19/h6-13,22H,5,14-17H2,1-4H3. The Hall–Kier alpha value is -2.74. The van der Waals surface area contributed by atoms with Crippen molar-refractivity contribution in [3.8, 4) is 5.75 Å². The molecule has 7 nitrogen and oxygen atoms in total. The number of aryl methyl sites for hydroxylation is 1. The van der Waals surface area contributed by atoms with E-state index in [1.165, 1.54) is 4.31 Å². The molecule has 1 heterocycles. The number of carbonyl (C=O) groups excluding carboxylic acids is 1. The van der Waals surface area contributed by atoms with Crippen molar-refractivity contribution in [3.63, 3.8) is 0 Å². The lowest BCUT2D eigenvalue weighted by atomic mass is 10.1. The molecule has 0 saturated carbocycles. The quantitative estimate of drug-likeness (QED) is 0.655. The molecule has 2 aromatic carbocycles. The Kier molecular flexibility index (Phi) is 7.10.